The summed E-state index contributed by atoms with van der Waals surface area (Å²) in [7, 11) is 0. The van der Waals surface area contributed by atoms with Crippen LogP contribution >= 0.6 is 0 Å². The zero-order valence-corrected chi connectivity index (χ0v) is 11.1. The van der Waals surface area contributed by atoms with Gasteiger partial charge in [0.1, 0.15) is 0 Å². The molecule has 0 aromatic heterocycles. The molecule has 8 nitrogen and oxygen atoms in total. The van der Waals surface area contributed by atoms with Crippen LogP contribution < -0.4 is 0 Å². The van der Waals surface area contributed by atoms with Crippen molar-refractivity contribution in [3.05, 3.63) is 10.4 Å². The number of carboxylic acid groups (broad SMARTS) is 1. The Labute approximate surface area is 106 Å². The fraction of sp³-hybridized carbons (Fsp3) is 0.900. The number of hydrogen-bond acceptors (Lipinski definition) is 5. The standard InChI is InChI=1S/C10H19N5O3/c1-9(2,3)12-13-10(4,14-15-11)6-5-7-18-8(16)17/h5-7H2,1-4H3,(H,16,17). The van der Waals surface area contributed by atoms with Crippen LogP contribution in [0.5, 0.6) is 0 Å². The van der Waals surface area contributed by atoms with Gasteiger partial charge in [-0.3, -0.25) is 0 Å². The number of rotatable bonds is 6. The monoisotopic (exact) mass is 257 g/mol. The molecule has 0 saturated carbocycles. The first-order valence-electron chi connectivity index (χ1n) is 5.54. The third-order valence-electron chi connectivity index (χ3n) is 1.85. The predicted octanol–water partition coefficient (Wildman–Crippen LogP) is 3.74. The van der Waals surface area contributed by atoms with E-state index in [-0.39, 0.29) is 12.1 Å². The minimum Gasteiger partial charge on any atom is -0.450 e. The lowest BCUT2D eigenvalue weighted by atomic mass is 10.1. The molecule has 0 saturated heterocycles. The second-order valence-corrected chi connectivity index (χ2v) is 5.00. The van der Waals surface area contributed by atoms with E-state index in [1.54, 1.807) is 6.92 Å². The third-order valence-corrected chi connectivity index (χ3v) is 1.85. The van der Waals surface area contributed by atoms with Gasteiger partial charge in [-0.15, -0.1) is 0 Å². The largest absolute Gasteiger partial charge is 0.505 e. The molecule has 0 radical (unpaired) electrons. The molecule has 1 N–H and O–H groups in total. The van der Waals surface area contributed by atoms with Crippen molar-refractivity contribution in [2.45, 2.75) is 51.7 Å². The molecule has 0 aromatic rings. The normalized spacial score (nSPS) is 14.9. The van der Waals surface area contributed by atoms with Gasteiger partial charge in [0.25, 0.3) is 0 Å². The first-order valence-corrected chi connectivity index (χ1v) is 5.54. The van der Waals surface area contributed by atoms with E-state index in [1.165, 1.54) is 0 Å². The molecule has 1 atom stereocenters. The second kappa shape index (κ2) is 6.80. The average Bonchev–Trinajstić information content (AvgIpc) is 2.21. The van der Waals surface area contributed by atoms with Crippen LogP contribution in [0, 0.1) is 0 Å². The van der Waals surface area contributed by atoms with Gasteiger partial charge in [-0.05, 0) is 46.1 Å². The number of ether oxygens (including phenoxy) is 1. The lowest BCUT2D eigenvalue weighted by Gasteiger charge is -2.19. The topological polar surface area (TPSA) is 120 Å². The summed E-state index contributed by atoms with van der Waals surface area (Å²) in [6.45, 7) is 7.31. The van der Waals surface area contributed by atoms with Crippen LogP contribution in [0.15, 0.2) is 15.3 Å². The Morgan fingerprint density at radius 3 is 2.39 bits per heavy atom. The molecule has 0 heterocycles. The molecular formula is C10H19N5O3. The van der Waals surface area contributed by atoms with Gasteiger partial charge in [0, 0.05) is 4.91 Å². The van der Waals surface area contributed by atoms with Crippen LogP contribution in [0.2, 0.25) is 0 Å². The van der Waals surface area contributed by atoms with E-state index >= 15 is 0 Å². The van der Waals surface area contributed by atoms with Gasteiger partial charge in [-0.25, -0.2) is 4.79 Å². The second-order valence-electron chi connectivity index (χ2n) is 5.00. The molecule has 0 aromatic carbocycles. The maximum Gasteiger partial charge on any atom is 0.505 e. The predicted molar refractivity (Wildman–Crippen MR) is 65.4 cm³/mol. The molecule has 0 aliphatic rings. The lowest BCUT2D eigenvalue weighted by Crippen LogP contribution is -2.20. The van der Waals surface area contributed by atoms with Crippen molar-refractivity contribution in [2.75, 3.05) is 6.61 Å². The van der Waals surface area contributed by atoms with E-state index < -0.39 is 11.8 Å². The SMILES string of the molecule is CC(C)(C)N=NC(C)(CCCOC(=O)O)N=[N+]=[N-]. The fourth-order valence-corrected chi connectivity index (χ4v) is 1.04. The fourth-order valence-electron chi connectivity index (χ4n) is 1.04. The van der Waals surface area contributed by atoms with E-state index in [2.05, 4.69) is 25.0 Å². The van der Waals surface area contributed by atoms with Gasteiger partial charge in [0.15, 0.2) is 5.66 Å². The van der Waals surface area contributed by atoms with Gasteiger partial charge >= 0.3 is 6.16 Å². The maximum absolute atomic E-state index is 10.2. The Balaban J connectivity index is 4.49. The Hall–Kier alpha value is -1.82. The lowest BCUT2D eigenvalue weighted by molar-refractivity contribution is 0.0884. The van der Waals surface area contributed by atoms with Crippen molar-refractivity contribution < 1.29 is 14.6 Å². The molecule has 0 bridgehead atoms. The van der Waals surface area contributed by atoms with E-state index in [9.17, 15) is 4.79 Å². The highest BCUT2D eigenvalue weighted by Crippen LogP contribution is 2.22. The first kappa shape index (κ1) is 16.2. The highest BCUT2D eigenvalue weighted by atomic mass is 16.7. The summed E-state index contributed by atoms with van der Waals surface area (Å²) in [6.07, 6.45) is -0.550. The van der Waals surface area contributed by atoms with Crippen LogP contribution in [0.3, 0.4) is 0 Å². The number of carbonyl (C=O) groups is 1. The number of azide groups is 1. The van der Waals surface area contributed by atoms with Crippen LogP contribution in [0.4, 0.5) is 4.79 Å². The molecule has 102 valence electrons. The molecule has 0 spiro atoms. The zero-order chi connectivity index (χ0) is 14.2. The minimum absolute atomic E-state index is 0.0386. The Morgan fingerprint density at radius 1 is 1.33 bits per heavy atom. The number of nitrogens with zero attached hydrogens (tertiary/aromatic N) is 5. The molecule has 18 heavy (non-hydrogen) atoms. The van der Waals surface area contributed by atoms with Crippen molar-refractivity contribution >= 4 is 6.16 Å². The van der Waals surface area contributed by atoms with E-state index in [0.29, 0.717) is 12.8 Å². The summed E-state index contributed by atoms with van der Waals surface area (Å²) in [5.41, 5.74) is 7.14. The van der Waals surface area contributed by atoms with Gasteiger partial charge in [-0.1, -0.05) is 5.11 Å². The van der Waals surface area contributed by atoms with E-state index in [1.807, 2.05) is 20.8 Å². The molecule has 0 rings (SSSR count). The van der Waals surface area contributed by atoms with Crippen molar-refractivity contribution in [1.82, 2.24) is 0 Å². The molecule has 0 fully saturated rings. The average molecular weight is 257 g/mol. The van der Waals surface area contributed by atoms with Crippen LogP contribution in [-0.2, 0) is 4.74 Å². The summed E-state index contributed by atoms with van der Waals surface area (Å²) < 4.78 is 4.37. The summed E-state index contributed by atoms with van der Waals surface area (Å²) >= 11 is 0. The number of hydrogen-bond donors (Lipinski definition) is 1. The molecule has 1 unspecified atom stereocenters. The van der Waals surface area contributed by atoms with E-state index in [4.69, 9.17) is 10.6 Å². The summed E-state index contributed by atoms with van der Waals surface area (Å²) in [5, 5.41) is 20.0. The zero-order valence-electron chi connectivity index (χ0n) is 11.1. The molecule has 0 aliphatic heterocycles. The molecule has 8 heteroatoms. The van der Waals surface area contributed by atoms with Gasteiger partial charge in [0.05, 0.1) is 12.1 Å². The number of azo groups is 1. The van der Waals surface area contributed by atoms with Crippen molar-refractivity contribution in [1.29, 1.82) is 0 Å². The third kappa shape index (κ3) is 8.35. The first-order chi connectivity index (χ1) is 8.18. The summed E-state index contributed by atoms with van der Waals surface area (Å²) in [6, 6.07) is 0. The summed E-state index contributed by atoms with van der Waals surface area (Å²) in [4.78, 5) is 12.9. The molecule has 0 aliphatic carbocycles. The van der Waals surface area contributed by atoms with Gasteiger partial charge in [-0.2, -0.15) is 10.2 Å². The van der Waals surface area contributed by atoms with Gasteiger partial charge in [0.2, 0.25) is 0 Å². The highest BCUT2D eigenvalue weighted by molar-refractivity contribution is 5.56. The van der Waals surface area contributed by atoms with Crippen LogP contribution in [0.1, 0.15) is 40.5 Å². The molecular weight excluding hydrogens is 238 g/mol. The smallest absolute Gasteiger partial charge is 0.450 e. The van der Waals surface area contributed by atoms with E-state index in [0.717, 1.165) is 0 Å². The maximum atomic E-state index is 10.2. The Bertz CT molecular complexity index is 357. The van der Waals surface area contributed by atoms with Crippen LogP contribution in [0.25, 0.3) is 10.4 Å². The Kier molecular flexibility index (Phi) is 6.12. The van der Waals surface area contributed by atoms with Crippen LogP contribution in [-0.4, -0.2) is 29.1 Å². The highest BCUT2D eigenvalue weighted by Gasteiger charge is 2.23. The Morgan fingerprint density at radius 2 is 1.94 bits per heavy atom. The van der Waals surface area contributed by atoms with Crippen molar-refractivity contribution in [2.24, 2.45) is 15.3 Å². The van der Waals surface area contributed by atoms with Crippen molar-refractivity contribution in [3.8, 4) is 0 Å². The molecule has 0 amide bonds. The minimum atomic E-state index is -1.32. The van der Waals surface area contributed by atoms with Gasteiger partial charge < -0.3 is 9.84 Å². The van der Waals surface area contributed by atoms with Crippen molar-refractivity contribution in [3.63, 3.8) is 0 Å². The quantitative estimate of drug-likeness (QED) is 0.256. The summed E-state index contributed by atoms with van der Waals surface area (Å²) in [5.74, 6) is 0.